The summed E-state index contributed by atoms with van der Waals surface area (Å²) in [5.74, 6) is 0.666. The van der Waals surface area contributed by atoms with Crippen molar-refractivity contribution in [3.05, 3.63) is 34.7 Å². The third-order valence-corrected chi connectivity index (χ3v) is 2.43. The summed E-state index contributed by atoms with van der Waals surface area (Å²) in [5.41, 5.74) is 6.37. The van der Waals surface area contributed by atoms with Gasteiger partial charge in [0.15, 0.2) is 0 Å². The zero-order valence-corrected chi connectivity index (χ0v) is 8.45. The van der Waals surface area contributed by atoms with E-state index in [9.17, 15) is 0 Å². The minimum absolute atomic E-state index is 0.372. The Hall–Kier alpha value is -1.00. The summed E-state index contributed by atoms with van der Waals surface area (Å²) < 4.78 is 0.974. The second-order valence-electron chi connectivity index (χ2n) is 2.67. The van der Waals surface area contributed by atoms with Crippen molar-refractivity contribution in [2.75, 3.05) is 0 Å². The van der Waals surface area contributed by atoms with Gasteiger partial charge in [0.2, 0.25) is 0 Å². The molecule has 2 aromatic rings. The molecular formula is C9H8BrN3. The summed E-state index contributed by atoms with van der Waals surface area (Å²) in [6, 6.07) is 5.88. The van der Waals surface area contributed by atoms with E-state index in [1.807, 2.05) is 18.2 Å². The number of benzene rings is 1. The van der Waals surface area contributed by atoms with Crippen LogP contribution in [0.3, 0.4) is 0 Å². The fraction of sp³-hybridized carbons (Fsp3) is 0.111. The molecule has 1 aromatic carbocycles. The van der Waals surface area contributed by atoms with Gasteiger partial charge in [-0.1, -0.05) is 12.1 Å². The molecule has 0 saturated heterocycles. The summed E-state index contributed by atoms with van der Waals surface area (Å²) in [5, 5.41) is 1.02. The molecule has 0 saturated carbocycles. The lowest BCUT2D eigenvalue weighted by atomic mass is 10.2. The van der Waals surface area contributed by atoms with Gasteiger partial charge in [-0.05, 0) is 22.0 Å². The molecule has 0 amide bonds. The van der Waals surface area contributed by atoms with Gasteiger partial charge in [-0.15, -0.1) is 0 Å². The van der Waals surface area contributed by atoms with Crippen LogP contribution in [0, 0.1) is 0 Å². The first kappa shape index (κ1) is 8.59. The van der Waals surface area contributed by atoms with Crippen LogP contribution in [0.4, 0.5) is 0 Å². The van der Waals surface area contributed by atoms with Crippen molar-refractivity contribution in [3.8, 4) is 0 Å². The first-order valence-corrected chi connectivity index (χ1v) is 4.71. The maximum atomic E-state index is 5.45. The van der Waals surface area contributed by atoms with Crippen LogP contribution in [-0.2, 0) is 6.54 Å². The molecular weight excluding hydrogens is 230 g/mol. The smallest absolute Gasteiger partial charge is 0.142 e. The zero-order valence-electron chi connectivity index (χ0n) is 6.87. The highest BCUT2D eigenvalue weighted by Gasteiger charge is 2.00. The SMILES string of the molecule is NCc1ncc2cccc(Br)c2n1. The van der Waals surface area contributed by atoms with Crippen LogP contribution in [0.1, 0.15) is 5.82 Å². The van der Waals surface area contributed by atoms with E-state index in [4.69, 9.17) is 5.73 Å². The quantitative estimate of drug-likeness (QED) is 0.824. The van der Waals surface area contributed by atoms with Crippen LogP contribution >= 0.6 is 15.9 Å². The van der Waals surface area contributed by atoms with Gasteiger partial charge in [0.05, 0.1) is 12.1 Å². The monoisotopic (exact) mass is 237 g/mol. The number of para-hydroxylation sites is 1. The summed E-state index contributed by atoms with van der Waals surface area (Å²) in [4.78, 5) is 8.42. The molecule has 0 fully saturated rings. The topological polar surface area (TPSA) is 51.8 Å². The van der Waals surface area contributed by atoms with Gasteiger partial charge in [0.1, 0.15) is 5.82 Å². The first-order chi connectivity index (χ1) is 6.31. The van der Waals surface area contributed by atoms with Gasteiger partial charge in [-0.3, -0.25) is 0 Å². The Morgan fingerprint density at radius 2 is 2.23 bits per heavy atom. The molecule has 1 aromatic heterocycles. The van der Waals surface area contributed by atoms with Crippen molar-refractivity contribution in [2.24, 2.45) is 5.73 Å². The number of rotatable bonds is 1. The van der Waals surface area contributed by atoms with Gasteiger partial charge in [0.25, 0.3) is 0 Å². The molecule has 0 radical (unpaired) electrons. The van der Waals surface area contributed by atoms with Gasteiger partial charge in [0, 0.05) is 16.1 Å². The third kappa shape index (κ3) is 1.55. The number of hydrogen-bond acceptors (Lipinski definition) is 3. The lowest BCUT2D eigenvalue weighted by molar-refractivity contribution is 0.926. The molecule has 0 bridgehead atoms. The van der Waals surface area contributed by atoms with Gasteiger partial charge in [-0.25, -0.2) is 9.97 Å². The minimum atomic E-state index is 0.372. The van der Waals surface area contributed by atoms with E-state index in [1.165, 1.54) is 0 Å². The van der Waals surface area contributed by atoms with E-state index in [1.54, 1.807) is 6.20 Å². The summed E-state index contributed by atoms with van der Waals surface area (Å²) in [6.07, 6.45) is 1.79. The van der Waals surface area contributed by atoms with Gasteiger partial charge >= 0.3 is 0 Å². The van der Waals surface area contributed by atoms with Crippen LogP contribution in [-0.4, -0.2) is 9.97 Å². The molecule has 13 heavy (non-hydrogen) atoms. The lowest BCUT2D eigenvalue weighted by Gasteiger charge is -2.00. The van der Waals surface area contributed by atoms with E-state index in [-0.39, 0.29) is 0 Å². The molecule has 0 aliphatic heterocycles. The predicted molar refractivity (Wildman–Crippen MR) is 55.1 cm³/mol. The third-order valence-electron chi connectivity index (χ3n) is 1.79. The minimum Gasteiger partial charge on any atom is -0.324 e. The molecule has 1 heterocycles. The van der Waals surface area contributed by atoms with Crippen LogP contribution in [0.2, 0.25) is 0 Å². The van der Waals surface area contributed by atoms with Gasteiger partial charge < -0.3 is 5.73 Å². The Kier molecular flexibility index (Phi) is 2.24. The van der Waals surface area contributed by atoms with Gasteiger partial charge in [-0.2, -0.15) is 0 Å². The Balaban J connectivity index is 2.74. The summed E-state index contributed by atoms with van der Waals surface area (Å²) in [7, 11) is 0. The maximum absolute atomic E-state index is 5.45. The molecule has 0 aliphatic rings. The Morgan fingerprint density at radius 1 is 1.38 bits per heavy atom. The summed E-state index contributed by atoms with van der Waals surface area (Å²) >= 11 is 3.43. The van der Waals surface area contributed by atoms with E-state index < -0.39 is 0 Å². The number of nitrogens with two attached hydrogens (primary N) is 1. The van der Waals surface area contributed by atoms with Crippen LogP contribution in [0.15, 0.2) is 28.9 Å². The predicted octanol–water partition coefficient (Wildman–Crippen LogP) is 1.85. The molecule has 4 heteroatoms. The van der Waals surface area contributed by atoms with Crippen molar-refractivity contribution in [1.82, 2.24) is 9.97 Å². The number of halogens is 1. The Bertz CT molecular complexity index is 442. The number of hydrogen-bond donors (Lipinski definition) is 1. The number of aromatic nitrogens is 2. The molecule has 0 unspecified atom stereocenters. The molecule has 0 spiro atoms. The van der Waals surface area contributed by atoms with E-state index in [2.05, 4.69) is 25.9 Å². The maximum Gasteiger partial charge on any atom is 0.142 e. The number of fused-ring (bicyclic) bond motifs is 1. The molecule has 3 nitrogen and oxygen atoms in total. The fourth-order valence-electron chi connectivity index (χ4n) is 1.15. The largest absolute Gasteiger partial charge is 0.324 e. The van der Waals surface area contributed by atoms with Crippen molar-refractivity contribution in [2.45, 2.75) is 6.54 Å². The first-order valence-electron chi connectivity index (χ1n) is 3.91. The number of nitrogens with zero attached hydrogens (tertiary/aromatic N) is 2. The van der Waals surface area contributed by atoms with Crippen LogP contribution in [0.25, 0.3) is 10.9 Å². The molecule has 2 N–H and O–H groups in total. The van der Waals surface area contributed by atoms with E-state index >= 15 is 0 Å². The fourth-order valence-corrected chi connectivity index (χ4v) is 1.62. The normalized spacial score (nSPS) is 10.6. The average molecular weight is 238 g/mol. The standard InChI is InChI=1S/C9H8BrN3/c10-7-3-1-2-6-5-12-8(4-11)13-9(6)7/h1-3,5H,4,11H2. The van der Waals surface area contributed by atoms with E-state index in [0.717, 1.165) is 15.4 Å². The van der Waals surface area contributed by atoms with Crippen molar-refractivity contribution in [3.63, 3.8) is 0 Å². The van der Waals surface area contributed by atoms with E-state index in [0.29, 0.717) is 12.4 Å². The van der Waals surface area contributed by atoms with Crippen molar-refractivity contribution < 1.29 is 0 Å². The van der Waals surface area contributed by atoms with Crippen molar-refractivity contribution in [1.29, 1.82) is 0 Å². The highest BCUT2D eigenvalue weighted by molar-refractivity contribution is 9.10. The molecule has 2 rings (SSSR count). The van der Waals surface area contributed by atoms with Crippen LogP contribution in [0.5, 0.6) is 0 Å². The summed E-state index contributed by atoms with van der Waals surface area (Å²) in [6.45, 7) is 0.372. The second-order valence-corrected chi connectivity index (χ2v) is 3.52. The van der Waals surface area contributed by atoms with Crippen molar-refractivity contribution >= 4 is 26.8 Å². The highest BCUT2D eigenvalue weighted by Crippen LogP contribution is 2.20. The molecule has 0 atom stereocenters. The average Bonchev–Trinajstić information content (AvgIpc) is 2.18. The Labute approximate surface area is 84.1 Å². The Morgan fingerprint density at radius 3 is 3.00 bits per heavy atom. The van der Waals surface area contributed by atoms with Crippen LogP contribution < -0.4 is 5.73 Å². The second kappa shape index (κ2) is 3.40. The molecule has 0 aliphatic carbocycles. The lowest BCUT2D eigenvalue weighted by Crippen LogP contribution is -2.02. The zero-order chi connectivity index (χ0) is 9.26. The highest BCUT2D eigenvalue weighted by atomic mass is 79.9. The molecule has 66 valence electrons.